The molecule has 0 aromatic rings. The third-order valence-corrected chi connectivity index (χ3v) is 6.97. The molecule has 0 aromatic heterocycles. The van der Waals surface area contributed by atoms with Crippen LogP contribution >= 0.6 is 0 Å². The first-order valence-corrected chi connectivity index (χ1v) is 15.9. The summed E-state index contributed by atoms with van der Waals surface area (Å²) in [5.41, 5.74) is 0. The predicted molar refractivity (Wildman–Crippen MR) is 156 cm³/mol. The second kappa shape index (κ2) is 28.6. The molecular formula is C32H60O6. The van der Waals surface area contributed by atoms with E-state index in [0.717, 1.165) is 37.8 Å². The fourth-order valence-corrected chi connectivity index (χ4v) is 4.49. The molecule has 0 bridgehead atoms. The van der Waals surface area contributed by atoms with Crippen LogP contribution < -0.4 is 0 Å². The van der Waals surface area contributed by atoms with Crippen LogP contribution in [0.15, 0.2) is 12.2 Å². The Morgan fingerprint density at radius 2 is 0.763 bits per heavy atom. The Morgan fingerprint density at radius 3 is 1.05 bits per heavy atom. The molecule has 0 aliphatic rings. The first-order chi connectivity index (χ1) is 18.5. The van der Waals surface area contributed by atoms with E-state index >= 15 is 0 Å². The van der Waals surface area contributed by atoms with Crippen molar-refractivity contribution in [2.45, 2.75) is 167 Å². The molecule has 0 amide bonds. The van der Waals surface area contributed by atoms with Crippen LogP contribution in [0.25, 0.3) is 0 Å². The summed E-state index contributed by atoms with van der Waals surface area (Å²) >= 11 is 0. The zero-order valence-electron chi connectivity index (χ0n) is 24.8. The van der Waals surface area contributed by atoms with Gasteiger partial charge in [-0.2, -0.15) is 0 Å². The quantitative estimate of drug-likeness (QED) is 0.0594. The van der Waals surface area contributed by atoms with E-state index in [2.05, 4.69) is 13.8 Å². The Morgan fingerprint density at radius 1 is 0.500 bits per heavy atom. The third kappa shape index (κ3) is 27.6. The van der Waals surface area contributed by atoms with Gasteiger partial charge >= 0.3 is 11.9 Å². The number of esters is 2. The zero-order valence-corrected chi connectivity index (χ0v) is 24.8. The molecule has 2 atom stereocenters. The molecule has 6 heteroatoms. The van der Waals surface area contributed by atoms with E-state index in [1.807, 2.05) is 0 Å². The van der Waals surface area contributed by atoms with Gasteiger partial charge in [-0.05, 0) is 12.8 Å². The molecule has 0 radical (unpaired) electrons. The Labute approximate surface area is 234 Å². The largest absolute Gasteiger partial charge is 0.460 e. The van der Waals surface area contributed by atoms with Crippen molar-refractivity contribution in [1.29, 1.82) is 0 Å². The summed E-state index contributed by atoms with van der Waals surface area (Å²) < 4.78 is 10.0. The Kier molecular flexibility index (Phi) is 27.6. The van der Waals surface area contributed by atoms with Crippen molar-refractivity contribution >= 4 is 11.9 Å². The van der Waals surface area contributed by atoms with Crippen LogP contribution in [-0.4, -0.2) is 47.6 Å². The number of aliphatic hydroxyl groups excluding tert-OH is 2. The average molecular weight is 541 g/mol. The molecule has 224 valence electrons. The fraction of sp³-hybridized carbons (Fsp3) is 0.875. The first kappa shape index (κ1) is 36.6. The van der Waals surface area contributed by atoms with Crippen LogP contribution in [0.1, 0.15) is 155 Å². The molecule has 0 fully saturated rings. The second-order valence-corrected chi connectivity index (χ2v) is 10.8. The second-order valence-electron chi connectivity index (χ2n) is 10.8. The smallest absolute Gasteiger partial charge is 0.331 e. The fourth-order valence-electron chi connectivity index (χ4n) is 4.49. The van der Waals surface area contributed by atoms with Gasteiger partial charge < -0.3 is 19.7 Å². The summed E-state index contributed by atoms with van der Waals surface area (Å²) in [6, 6.07) is 0. The van der Waals surface area contributed by atoms with E-state index in [0.29, 0.717) is 12.8 Å². The summed E-state index contributed by atoms with van der Waals surface area (Å²) in [6.07, 6.45) is 26.5. The van der Waals surface area contributed by atoms with E-state index < -0.39 is 24.1 Å². The Balaban J connectivity index is 3.62. The van der Waals surface area contributed by atoms with Gasteiger partial charge in [0.15, 0.2) is 0 Å². The normalized spacial score (nSPS) is 13.1. The highest BCUT2D eigenvalue weighted by molar-refractivity contribution is 5.91. The molecule has 38 heavy (non-hydrogen) atoms. The Hall–Kier alpha value is -1.40. The number of hydrogen-bond acceptors (Lipinski definition) is 6. The molecule has 0 aromatic carbocycles. The minimum Gasteiger partial charge on any atom is -0.460 e. The van der Waals surface area contributed by atoms with Crippen LogP contribution in [-0.2, 0) is 19.1 Å². The van der Waals surface area contributed by atoms with Gasteiger partial charge in [-0.3, -0.25) is 0 Å². The van der Waals surface area contributed by atoms with Gasteiger partial charge in [0.2, 0.25) is 0 Å². The molecule has 0 saturated heterocycles. The molecule has 0 saturated carbocycles. The molecule has 0 aliphatic carbocycles. The third-order valence-electron chi connectivity index (χ3n) is 6.97. The average Bonchev–Trinajstić information content (AvgIpc) is 2.91. The lowest BCUT2D eigenvalue weighted by Gasteiger charge is -2.11. The van der Waals surface area contributed by atoms with Gasteiger partial charge in [-0.15, -0.1) is 0 Å². The highest BCUT2D eigenvalue weighted by atomic mass is 16.5. The number of unbranched alkanes of at least 4 members (excludes halogenated alkanes) is 18. The number of rotatable bonds is 28. The maximum atomic E-state index is 11.8. The van der Waals surface area contributed by atoms with Gasteiger partial charge in [0.1, 0.15) is 13.2 Å². The van der Waals surface area contributed by atoms with Crippen LogP contribution in [0.4, 0.5) is 0 Å². The van der Waals surface area contributed by atoms with Crippen molar-refractivity contribution in [2.24, 2.45) is 0 Å². The van der Waals surface area contributed by atoms with Crippen molar-refractivity contribution in [3.8, 4) is 0 Å². The molecule has 0 heterocycles. The van der Waals surface area contributed by atoms with Crippen LogP contribution in [0.3, 0.4) is 0 Å². The van der Waals surface area contributed by atoms with E-state index in [1.165, 1.54) is 103 Å². The van der Waals surface area contributed by atoms with Crippen molar-refractivity contribution in [3.63, 3.8) is 0 Å². The molecular weight excluding hydrogens is 480 g/mol. The predicted octanol–water partition coefficient (Wildman–Crippen LogP) is 7.97. The highest BCUT2D eigenvalue weighted by Gasteiger charge is 2.09. The Bertz CT molecular complexity index is 514. The standard InChI is InChI=1S/C32H60O6/c1-3-5-7-9-11-13-15-17-19-21-23-29(33)27-37-31(35)25-26-32(36)38-28-30(34)24-22-20-18-16-14-12-10-8-6-4-2/h25-26,29-30,33-34H,3-24,27-28H2,1-2H3/b26-25+. The molecule has 0 aliphatic heterocycles. The summed E-state index contributed by atoms with van der Waals surface area (Å²) in [4.78, 5) is 23.5. The van der Waals surface area contributed by atoms with Gasteiger partial charge in [-0.1, -0.05) is 142 Å². The lowest BCUT2D eigenvalue weighted by atomic mass is 10.0. The molecule has 6 nitrogen and oxygen atoms in total. The minimum absolute atomic E-state index is 0.0762. The maximum absolute atomic E-state index is 11.8. The number of aliphatic hydroxyl groups is 2. The molecule has 0 spiro atoms. The van der Waals surface area contributed by atoms with E-state index in [9.17, 15) is 19.8 Å². The number of carbonyl (C=O) groups is 2. The number of carbonyl (C=O) groups excluding carboxylic acids is 2. The maximum Gasteiger partial charge on any atom is 0.331 e. The van der Waals surface area contributed by atoms with Crippen LogP contribution in [0.5, 0.6) is 0 Å². The van der Waals surface area contributed by atoms with Gasteiger partial charge in [0, 0.05) is 12.2 Å². The highest BCUT2D eigenvalue weighted by Crippen LogP contribution is 2.13. The molecule has 0 rings (SSSR count). The first-order valence-electron chi connectivity index (χ1n) is 15.9. The van der Waals surface area contributed by atoms with Gasteiger partial charge in [-0.25, -0.2) is 9.59 Å². The summed E-state index contributed by atoms with van der Waals surface area (Å²) in [5, 5.41) is 20.0. The van der Waals surface area contributed by atoms with Crippen LogP contribution in [0.2, 0.25) is 0 Å². The van der Waals surface area contributed by atoms with Crippen molar-refractivity contribution in [3.05, 3.63) is 12.2 Å². The lowest BCUT2D eigenvalue weighted by Crippen LogP contribution is -2.19. The van der Waals surface area contributed by atoms with Gasteiger partial charge in [0.05, 0.1) is 12.2 Å². The summed E-state index contributed by atoms with van der Waals surface area (Å²) in [5.74, 6) is -1.37. The number of hydrogen-bond donors (Lipinski definition) is 2. The van der Waals surface area contributed by atoms with Gasteiger partial charge in [0.25, 0.3) is 0 Å². The van der Waals surface area contributed by atoms with Crippen molar-refractivity contribution in [1.82, 2.24) is 0 Å². The topological polar surface area (TPSA) is 93.1 Å². The van der Waals surface area contributed by atoms with E-state index in [4.69, 9.17) is 9.47 Å². The summed E-state index contributed by atoms with van der Waals surface area (Å²) in [7, 11) is 0. The number of ether oxygens (including phenoxy) is 2. The monoisotopic (exact) mass is 540 g/mol. The zero-order chi connectivity index (χ0) is 28.1. The lowest BCUT2D eigenvalue weighted by molar-refractivity contribution is -0.143. The SMILES string of the molecule is CCCCCCCCCCCCC(O)COC(=O)/C=C/C(=O)OCC(O)CCCCCCCCCCCC. The van der Waals surface area contributed by atoms with Crippen molar-refractivity contribution < 1.29 is 29.3 Å². The minimum atomic E-state index is -0.686. The summed E-state index contributed by atoms with van der Waals surface area (Å²) in [6.45, 7) is 4.31. The van der Waals surface area contributed by atoms with Crippen molar-refractivity contribution in [2.75, 3.05) is 13.2 Å². The van der Waals surface area contributed by atoms with Crippen LogP contribution in [0, 0.1) is 0 Å². The van der Waals surface area contributed by atoms with E-state index in [-0.39, 0.29) is 13.2 Å². The van der Waals surface area contributed by atoms with E-state index in [1.54, 1.807) is 0 Å². The molecule has 2 unspecified atom stereocenters. The molecule has 2 N–H and O–H groups in total.